The molecule has 0 bridgehead atoms. The average molecular weight is 340 g/mol. The molecule has 0 spiro atoms. The largest absolute Gasteiger partial charge is 0.444 e. The second-order valence-electron chi connectivity index (χ2n) is 6.75. The summed E-state index contributed by atoms with van der Waals surface area (Å²) in [6.07, 6.45) is 0.824. The van der Waals surface area contributed by atoms with Crippen LogP contribution < -0.4 is 5.32 Å². The Balaban J connectivity index is 1.84. The number of carbonyl (C=O) groups excluding carboxylic acids is 1. The van der Waals surface area contributed by atoms with Crippen molar-refractivity contribution in [2.24, 2.45) is 0 Å². The van der Waals surface area contributed by atoms with Crippen LogP contribution in [0.2, 0.25) is 0 Å². The van der Waals surface area contributed by atoms with Crippen molar-refractivity contribution >= 4 is 17.4 Å². The van der Waals surface area contributed by atoms with Gasteiger partial charge in [0, 0.05) is 29.4 Å². The second-order valence-corrected chi connectivity index (χ2v) is 8.01. The summed E-state index contributed by atoms with van der Waals surface area (Å²) in [4.78, 5) is 16.8. The number of thiophene rings is 1. The minimum atomic E-state index is -0.471. The SMILES string of the molecule is CCc1ccc(CNCC2COCCN2C(=O)OC(C)(C)C)s1. The van der Waals surface area contributed by atoms with Gasteiger partial charge in [-0.2, -0.15) is 0 Å². The van der Waals surface area contributed by atoms with Gasteiger partial charge in [0.2, 0.25) is 0 Å². The summed E-state index contributed by atoms with van der Waals surface area (Å²) in [6, 6.07) is 4.36. The molecule has 2 heterocycles. The van der Waals surface area contributed by atoms with Gasteiger partial charge in [0.1, 0.15) is 5.60 Å². The predicted molar refractivity (Wildman–Crippen MR) is 93.0 cm³/mol. The van der Waals surface area contributed by atoms with Crippen LogP contribution in [0.4, 0.5) is 4.79 Å². The van der Waals surface area contributed by atoms with E-state index in [0.29, 0.717) is 26.3 Å². The van der Waals surface area contributed by atoms with E-state index in [2.05, 4.69) is 24.4 Å². The zero-order valence-electron chi connectivity index (χ0n) is 14.6. The molecular formula is C17H28N2O3S. The summed E-state index contributed by atoms with van der Waals surface area (Å²) in [6.45, 7) is 11.1. The lowest BCUT2D eigenvalue weighted by Crippen LogP contribution is -2.53. The van der Waals surface area contributed by atoms with Crippen molar-refractivity contribution in [3.05, 3.63) is 21.9 Å². The Bertz CT molecular complexity index is 510. The van der Waals surface area contributed by atoms with Gasteiger partial charge in [0.25, 0.3) is 0 Å². The summed E-state index contributed by atoms with van der Waals surface area (Å²) in [5.41, 5.74) is -0.471. The third-order valence-corrected chi connectivity index (χ3v) is 4.83. The highest BCUT2D eigenvalue weighted by Gasteiger charge is 2.30. The Kier molecular flexibility index (Phi) is 6.44. The number of rotatable bonds is 5. The first-order valence-electron chi connectivity index (χ1n) is 8.24. The Hall–Kier alpha value is -1.11. The Morgan fingerprint density at radius 2 is 2.17 bits per heavy atom. The Morgan fingerprint density at radius 3 is 2.83 bits per heavy atom. The molecule has 0 aliphatic carbocycles. The van der Waals surface area contributed by atoms with E-state index in [0.717, 1.165) is 13.0 Å². The fourth-order valence-corrected chi connectivity index (χ4v) is 3.38. The molecule has 1 fully saturated rings. The van der Waals surface area contributed by atoms with Crippen LogP contribution in [0.5, 0.6) is 0 Å². The lowest BCUT2D eigenvalue weighted by Gasteiger charge is -2.36. The smallest absolute Gasteiger partial charge is 0.410 e. The maximum absolute atomic E-state index is 12.3. The van der Waals surface area contributed by atoms with E-state index >= 15 is 0 Å². The number of carbonyl (C=O) groups is 1. The summed E-state index contributed by atoms with van der Waals surface area (Å²) in [5, 5.41) is 3.44. The molecule has 1 unspecified atom stereocenters. The van der Waals surface area contributed by atoms with Gasteiger partial charge >= 0.3 is 6.09 Å². The molecule has 1 aromatic rings. The molecule has 0 aromatic carbocycles. The van der Waals surface area contributed by atoms with E-state index in [9.17, 15) is 4.79 Å². The van der Waals surface area contributed by atoms with Crippen molar-refractivity contribution in [1.29, 1.82) is 0 Å². The van der Waals surface area contributed by atoms with Crippen molar-refractivity contribution in [3.63, 3.8) is 0 Å². The number of hydrogen-bond acceptors (Lipinski definition) is 5. The van der Waals surface area contributed by atoms with Crippen molar-refractivity contribution in [3.8, 4) is 0 Å². The Labute approximate surface area is 143 Å². The quantitative estimate of drug-likeness (QED) is 0.895. The fourth-order valence-electron chi connectivity index (χ4n) is 2.45. The highest BCUT2D eigenvalue weighted by Crippen LogP contribution is 2.17. The molecule has 1 aliphatic heterocycles. The van der Waals surface area contributed by atoms with Crippen molar-refractivity contribution in [2.75, 3.05) is 26.3 Å². The molecule has 6 heteroatoms. The minimum absolute atomic E-state index is 0.0178. The molecule has 130 valence electrons. The van der Waals surface area contributed by atoms with Crippen LogP contribution in [0.1, 0.15) is 37.4 Å². The number of aryl methyl sites for hydroxylation is 1. The van der Waals surface area contributed by atoms with Gasteiger partial charge in [0.15, 0.2) is 0 Å². The first-order valence-corrected chi connectivity index (χ1v) is 9.06. The van der Waals surface area contributed by atoms with Gasteiger partial charge in [-0.3, -0.25) is 4.90 Å². The van der Waals surface area contributed by atoms with Gasteiger partial charge < -0.3 is 14.8 Å². The first kappa shape index (κ1) is 18.2. The van der Waals surface area contributed by atoms with Crippen LogP contribution in [0.25, 0.3) is 0 Å². The van der Waals surface area contributed by atoms with Gasteiger partial charge in [0.05, 0.1) is 19.3 Å². The first-order chi connectivity index (χ1) is 10.9. The van der Waals surface area contributed by atoms with Crippen LogP contribution in [-0.2, 0) is 22.4 Å². The molecular weight excluding hydrogens is 312 g/mol. The van der Waals surface area contributed by atoms with Crippen LogP contribution in [0.15, 0.2) is 12.1 Å². The van der Waals surface area contributed by atoms with Gasteiger partial charge in [-0.25, -0.2) is 4.79 Å². The van der Waals surface area contributed by atoms with Crippen molar-refractivity contribution < 1.29 is 14.3 Å². The second kappa shape index (κ2) is 8.13. The Morgan fingerprint density at radius 1 is 1.43 bits per heavy atom. The summed E-state index contributed by atoms with van der Waals surface area (Å²) >= 11 is 1.84. The lowest BCUT2D eigenvalue weighted by atomic mass is 10.2. The summed E-state index contributed by atoms with van der Waals surface area (Å²) < 4.78 is 11.0. The van der Waals surface area contributed by atoms with Gasteiger partial charge in [-0.15, -0.1) is 11.3 Å². The molecule has 2 rings (SSSR count). The third-order valence-electron chi connectivity index (χ3n) is 3.60. The minimum Gasteiger partial charge on any atom is -0.444 e. The van der Waals surface area contributed by atoms with E-state index in [1.807, 2.05) is 32.1 Å². The number of ether oxygens (including phenoxy) is 2. The molecule has 1 aromatic heterocycles. The van der Waals surface area contributed by atoms with E-state index in [1.54, 1.807) is 4.90 Å². The van der Waals surface area contributed by atoms with Crippen LogP contribution in [-0.4, -0.2) is 48.9 Å². The molecule has 0 radical (unpaired) electrons. The molecule has 5 nitrogen and oxygen atoms in total. The third kappa shape index (κ3) is 5.79. The summed E-state index contributed by atoms with van der Waals surface area (Å²) in [7, 11) is 0. The summed E-state index contributed by atoms with van der Waals surface area (Å²) in [5.74, 6) is 0. The zero-order valence-corrected chi connectivity index (χ0v) is 15.4. The van der Waals surface area contributed by atoms with Crippen LogP contribution in [0.3, 0.4) is 0 Å². The standard InChI is InChI=1S/C17H28N2O3S/c1-5-14-6-7-15(23-14)11-18-10-13-12-21-9-8-19(13)16(20)22-17(2,3)4/h6-7,13,18H,5,8-12H2,1-4H3. The fraction of sp³-hybridized carbons (Fsp3) is 0.706. The molecule has 0 saturated carbocycles. The molecule has 1 amide bonds. The molecule has 23 heavy (non-hydrogen) atoms. The normalized spacial score (nSPS) is 19.0. The number of amides is 1. The molecule has 1 saturated heterocycles. The van der Waals surface area contributed by atoms with Crippen LogP contribution >= 0.6 is 11.3 Å². The van der Waals surface area contributed by atoms with Gasteiger partial charge in [-0.05, 0) is 39.3 Å². The highest BCUT2D eigenvalue weighted by atomic mass is 32.1. The zero-order chi connectivity index (χ0) is 16.9. The van der Waals surface area contributed by atoms with E-state index in [-0.39, 0.29) is 12.1 Å². The van der Waals surface area contributed by atoms with E-state index < -0.39 is 5.60 Å². The van der Waals surface area contributed by atoms with E-state index in [1.165, 1.54) is 9.75 Å². The topological polar surface area (TPSA) is 50.8 Å². The van der Waals surface area contributed by atoms with Crippen LogP contribution in [0, 0.1) is 0 Å². The monoisotopic (exact) mass is 340 g/mol. The molecule has 1 N–H and O–H groups in total. The maximum Gasteiger partial charge on any atom is 0.410 e. The highest BCUT2D eigenvalue weighted by molar-refractivity contribution is 7.11. The lowest BCUT2D eigenvalue weighted by molar-refractivity contribution is -0.0317. The van der Waals surface area contributed by atoms with Gasteiger partial charge in [-0.1, -0.05) is 6.92 Å². The number of hydrogen-bond donors (Lipinski definition) is 1. The molecule has 1 aliphatic rings. The predicted octanol–water partition coefficient (Wildman–Crippen LogP) is 3.04. The van der Waals surface area contributed by atoms with E-state index in [4.69, 9.17) is 9.47 Å². The molecule has 1 atom stereocenters. The maximum atomic E-state index is 12.3. The number of nitrogens with zero attached hydrogens (tertiary/aromatic N) is 1. The van der Waals surface area contributed by atoms with Crippen molar-refractivity contribution in [1.82, 2.24) is 10.2 Å². The number of morpholine rings is 1. The number of nitrogens with one attached hydrogen (secondary N) is 1. The van der Waals surface area contributed by atoms with Crippen molar-refractivity contribution in [2.45, 2.75) is 52.3 Å². The average Bonchev–Trinajstić information content (AvgIpc) is 2.94.